The van der Waals surface area contributed by atoms with Crippen LogP contribution < -0.4 is 21.2 Å². The summed E-state index contributed by atoms with van der Waals surface area (Å²) in [6.07, 6.45) is -3.54. The molecule has 0 aliphatic rings. The molecule has 41 heavy (non-hydrogen) atoms. The van der Waals surface area contributed by atoms with E-state index in [-0.39, 0.29) is 18.2 Å². The normalized spacial score (nSPS) is 12.7. The Morgan fingerprint density at radius 2 is 1.20 bits per heavy atom. The van der Waals surface area contributed by atoms with Gasteiger partial charge in [-0.3, -0.25) is 4.98 Å². The SMILES string of the molecule is CC(C)(C)P(Cc1cccc(CNc2cc(C(F)(F)F)ccc2P(c2ccccc2)c2ccccc2)n1)C(C)(C)C. The van der Waals surface area contributed by atoms with Gasteiger partial charge in [0.2, 0.25) is 0 Å². The zero-order valence-electron chi connectivity index (χ0n) is 24.6. The number of nitrogens with zero attached hydrogens (tertiary/aromatic N) is 1. The Bertz CT molecular complexity index is 1370. The molecule has 1 heterocycles. The molecule has 7 heteroatoms. The van der Waals surface area contributed by atoms with Gasteiger partial charge in [-0.05, 0) is 53.1 Å². The van der Waals surface area contributed by atoms with Crippen molar-refractivity contribution in [2.24, 2.45) is 0 Å². The van der Waals surface area contributed by atoms with Crippen molar-refractivity contribution >= 4 is 37.4 Å². The van der Waals surface area contributed by atoms with Gasteiger partial charge in [0.25, 0.3) is 0 Å². The lowest BCUT2D eigenvalue weighted by Crippen LogP contribution is -2.26. The van der Waals surface area contributed by atoms with Gasteiger partial charge in [-0.1, -0.05) is 122 Å². The van der Waals surface area contributed by atoms with Crippen LogP contribution in [0.3, 0.4) is 0 Å². The Labute approximate surface area is 245 Å². The first kappa shape index (κ1) is 31.2. The highest BCUT2D eigenvalue weighted by atomic mass is 31.1. The topological polar surface area (TPSA) is 24.9 Å². The van der Waals surface area contributed by atoms with Crippen molar-refractivity contribution < 1.29 is 13.2 Å². The van der Waals surface area contributed by atoms with E-state index in [0.717, 1.165) is 33.5 Å². The lowest BCUT2D eigenvalue weighted by molar-refractivity contribution is -0.137. The first-order valence-corrected chi connectivity index (χ1v) is 16.7. The summed E-state index contributed by atoms with van der Waals surface area (Å²) in [4.78, 5) is 4.95. The molecule has 2 nitrogen and oxygen atoms in total. The van der Waals surface area contributed by atoms with Crippen molar-refractivity contribution in [3.8, 4) is 0 Å². The largest absolute Gasteiger partial charge is 0.416 e. The number of halogens is 3. The average Bonchev–Trinajstić information content (AvgIpc) is 2.91. The summed E-state index contributed by atoms with van der Waals surface area (Å²) in [5.74, 6) is 0. The molecule has 0 radical (unpaired) electrons. The van der Waals surface area contributed by atoms with Gasteiger partial charge in [0.05, 0.1) is 17.8 Å². The Balaban J connectivity index is 1.70. The summed E-state index contributed by atoms with van der Waals surface area (Å²) >= 11 is 0. The number of hydrogen-bond donors (Lipinski definition) is 1. The third kappa shape index (κ3) is 8.18. The van der Waals surface area contributed by atoms with Crippen LogP contribution >= 0.6 is 15.8 Å². The van der Waals surface area contributed by atoms with Crippen LogP contribution in [0.5, 0.6) is 0 Å². The van der Waals surface area contributed by atoms with Gasteiger partial charge in [0, 0.05) is 22.8 Å². The Morgan fingerprint density at radius 3 is 1.71 bits per heavy atom. The molecule has 0 saturated carbocycles. The number of alkyl halides is 3. The van der Waals surface area contributed by atoms with E-state index >= 15 is 0 Å². The molecule has 0 saturated heterocycles. The maximum absolute atomic E-state index is 13.8. The molecule has 4 rings (SSSR count). The van der Waals surface area contributed by atoms with Gasteiger partial charge in [0.1, 0.15) is 0 Å². The number of rotatable bonds is 8. The molecule has 0 amide bonds. The summed E-state index contributed by atoms with van der Waals surface area (Å²) < 4.78 is 41.5. The van der Waals surface area contributed by atoms with Gasteiger partial charge in [0.15, 0.2) is 0 Å². The molecule has 0 aliphatic carbocycles. The second-order valence-electron chi connectivity index (χ2n) is 12.1. The van der Waals surface area contributed by atoms with Crippen LogP contribution in [-0.2, 0) is 18.9 Å². The van der Waals surface area contributed by atoms with E-state index in [1.807, 2.05) is 72.8 Å². The molecule has 1 aromatic heterocycles. The predicted octanol–water partition coefficient (Wildman–Crippen LogP) is 9.05. The van der Waals surface area contributed by atoms with Gasteiger partial charge in [-0.25, -0.2) is 0 Å². The van der Waals surface area contributed by atoms with Crippen LogP contribution in [0, 0.1) is 0 Å². The van der Waals surface area contributed by atoms with E-state index in [0.29, 0.717) is 12.2 Å². The molecule has 0 aliphatic heterocycles. The molecule has 0 unspecified atom stereocenters. The maximum Gasteiger partial charge on any atom is 0.416 e. The first-order chi connectivity index (χ1) is 19.2. The van der Waals surface area contributed by atoms with Crippen LogP contribution in [0.1, 0.15) is 58.5 Å². The second kappa shape index (κ2) is 12.6. The van der Waals surface area contributed by atoms with E-state index in [1.54, 1.807) is 6.07 Å². The molecule has 216 valence electrons. The Hall–Kier alpha value is -2.74. The number of benzene rings is 3. The zero-order valence-corrected chi connectivity index (χ0v) is 26.4. The predicted molar refractivity (Wildman–Crippen MR) is 172 cm³/mol. The number of nitrogens with one attached hydrogen (secondary N) is 1. The third-order valence-corrected chi connectivity index (χ3v) is 13.2. The van der Waals surface area contributed by atoms with E-state index in [1.165, 1.54) is 12.1 Å². The summed E-state index contributed by atoms with van der Waals surface area (Å²) in [5.41, 5.74) is 1.66. The van der Waals surface area contributed by atoms with Gasteiger partial charge in [-0.2, -0.15) is 13.2 Å². The minimum absolute atomic E-state index is 0.169. The summed E-state index contributed by atoms with van der Waals surface area (Å²) in [7, 11) is -1.46. The summed E-state index contributed by atoms with van der Waals surface area (Å²) in [6, 6.07) is 30.1. The molecule has 0 bridgehead atoms. The minimum Gasteiger partial charge on any atom is -0.379 e. The highest BCUT2D eigenvalue weighted by molar-refractivity contribution is 7.80. The average molecular weight is 595 g/mol. The highest BCUT2D eigenvalue weighted by Gasteiger charge is 2.35. The number of hydrogen-bond acceptors (Lipinski definition) is 2. The monoisotopic (exact) mass is 594 g/mol. The van der Waals surface area contributed by atoms with E-state index in [9.17, 15) is 13.2 Å². The van der Waals surface area contributed by atoms with Crippen molar-refractivity contribution in [2.45, 2.75) is 70.7 Å². The van der Waals surface area contributed by atoms with Gasteiger partial charge in [-0.15, -0.1) is 0 Å². The molecular weight excluding hydrogens is 555 g/mol. The smallest absolute Gasteiger partial charge is 0.379 e. The fraction of sp³-hybridized carbons (Fsp3) is 0.324. The molecule has 0 fully saturated rings. The number of anilines is 1. The Morgan fingerprint density at radius 1 is 0.659 bits per heavy atom. The second-order valence-corrected chi connectivity index (χ2v) is 18.2. The summed E-state index contributed by atoms with van der Waals surface area (Å²) in [6.45, 7) is 14.1. The fourth-order valence-corrected chi connectivity index (χ4v) is 11.0. The van der Waals surface area contributed by atoms with Crippen molar-refractivity contribution in [3.63, 3.8) is 0 Å². The van der Waals surface area contributed by atoms with Crippen LogP contribution in [0.4, 0.5) is 18.9 Å². The maximum atomic E-state index is 13.8. The first-order valence-electron chi connectivity index (χ1n) is 13.8. The lowest BCUT2D eigenvalue weighted by Gasteiger charge is -2.41. The zero-order chi connectivity index (χ0) is 29.8. The van der Waals surface area contributed by atoms with E-state index < -0.39 is 19.7 Å². The van der Waals surface area contributed by atoms with Crippen LogP contribution in [0.25, 0.3) is 0 Å². The van der Waals surface area contributed by atoms with Gasteiger partial charge < -0.3 is 5.32 Å². The third-order valence-electron chi connectivity index (χ3n) is 6.86. The van der Waals surface area contributed by atoms with E-state index in [4.69, 9.17) is 4.98 Å². The van der Waals surface area contributed by atoms with Crippen molar-refractivity contribution in [1.29, 1.82) is 0 Å². The quantitative estimate of drug-likeness (QED) is 0.206. The molecule has 0 spiro atoms. The highest BCUT2D eigenvalue weighted by Crippen LogP contribution is 2.61. The van der Waals surface area contributed by atoms with Crippen LogP contribution in [-0.4, -0.2) is 15.3 Å². The standard InChI is InChI=1S/C34H39F3N2P2/c1-32(2,3)40(33(4,5)6)24-27-15-13-14-26(39-27)23-38-30-22-25(34(35,36)37)20-21-31(30)41(28-16-9-7-10-17-28)29-18-11-8-12-19-29/h7-22,38H,23-24H2,1-6H3. The molecular formula is C34H39F3N2P2. The van der Waals surface area contributed by atoms with Crippen molar-refractivity contribution in [2.75, 3.05) is 5.32 Å². The Kier molecular flexibility index (Phi) is 9.62. The minimum atomic E-state index is -4.44. The van der Waals surface area contributed by atoms with Crippen LogP contribution in [0.15, 0.2) is 97.1 Å². The fourth-order valence-electron chi connectivity index (χ4n) is 5.17. The molecule has 4 aromatic rings. The van der Waals surface area contributed by atoms with Gasteiger partial charge >= 0.3 is 6.18 Å². The van der Waals surface area contributed by atoms with E-state index in [2.05, 4.69) is 52.9 Å². The van der Waals surface area contributed by atoms with Crippen molar-refractivity contribution in [3.05, 3.63) is 114 Å². The number of aromatic nitrogens is 1. The molecule has 3 aromatic carbocycles. The van der Waals surface area contributed by atoms with Crippen LogP contribution in [0.2, 0.25) is 0 Å². The molecule has 0 atom stereocenters. The molecule has 1 N–H and O–H groups in total. The number of pyridine rings is 1. The van der Waals surface area contributed by atoms with Crippen molar-refractivity contribution in [1.82, 2.24) is 4.98 Å². The summed E-state index contributed by atoms with van der Waals surface area (Å²) in [5, 5.41) is 6.71. The lowest BCUT2D eigenvalue weighted by atomic mass is 10.2.